The maximum absolute atomic E-state index is 14.1. The molecular formula is C37H32F3N3O6S2. The SMILES string of the molecule is COc1ccc(C2c3sc(=O)n(CC(=O)Nc4cccc(C(F)(F)F)c4)c3SC3C4CC(C5C(=O)N(c6ccc(C)cc6)C(=O)C45)C23)cc1OC. The van der Waals surface area contributed by atoms with E-state index < -0.39 is 36.0 Å². The van der Waals surface area contributed by atoms with Crippen molar-refractivity contribution in [3.63, 3.8) is 0 Å². The molecule has 0 radical (unpaired) electrons. The molecule has 9 nitrogen and oxygen atoms in total. The van der Waals surface area contributed by atoms with Gasteiger partial charge >= 0.3 is 11.0 Å². The predicted molar refractivity (Wildman–Crippen MR) is 185 cm³/mol. The molecule has 264 valence electrons. The van der Waals surface area contributed by atoms with Gasteiger partial charge in [-0.25, -0.2) is 0 Å². The van der Waals surface area contributed by atoms with E-state index in [1.54, 1.807) is 18.2 Å². The number of aryl methyl sites for hydroxylation is 1. The fourth-order valence-electron chi connectivity index (χ4n) is 8.74. The zero-order valence-corrected chi connectivity index (χ0v) is 29.2. The van der Waals surface area contributed by atoms with Crippen molar-refractivity contribution in [1.82, 2.24) is 4.57 Å². The summed E-state index contributed by atoms with van der Waals surface area (Å²) in [6, 6.07) is 17.3. The number of nitrogens with zero attached hydrogens (tertiary/aromatic N) is 2. The normalized spacial score (nSPS) is 26.2. The van der Waals surface area contributed by atoms with E-state index in [1.807, 2.05) is 31.2 Å². The summed E-state index contributed by atoms with van der Waals surface area (Å²) >= 11 is 2.49. The third-order valence-electron chi connectivity index (χ3n) is 10.8. The van der Waals surface area contributed by atoms with Crippen molar-refractivity contribution < 1.29 is 37.0 Å². The van der Waals surface area contributed by atoms with Gasteiger partial charge in [0, 0.05) is 21.7 Å². The Labute approximate surface area is 298 Å². The first-order valence-electron chi connectivity index (χ1n) is 16.4. The topological polar surface area (TPSA) is 107 Å². The number of aromatic nitrogens is 1. The van der Waals surface area contributed by atoms with Crippen molar-refractivity contribution in [3.05, 3.63) is 98.0 Å². The van der Waals surface area contributed by atoms with Crippen LogP contribution in [0.25, 0.3) is 0 Å². The van der Waals surface area contributed by atoms with Gasteiger partial charge in [0.05, 0.1) is 42.3 Å². The molecule has 2 saturated carbocycles. The highest BCUT2D eigenvalue weighted by molar-refractivity contribution is 8.00. The van der Waals surface area contributed by atoms with Gasteiger partial charge in [0.2, 0.25) is 17.7 Å². The maximum Gasteiger partial charge on any atom is 0.416 e. The number of methoxy groups -OCH3 is 2. The van der Waals surface area contributed by atoms with Gasteiger partial charge in [0.25, 0.3) is 0 Å². The zero-order valence-electron chi connectivity index (χ0n) is 27.6. The molecule has 3 aromatic carbocycles. The lowest BCUT2D eigenvalue weighted by atomic mass is 9.68. The van der Waals surface area contributed by atoms with Crippen LogP contribution in [0.1, 0.15) is 33.9 Å². The number of ether oxygens (including phenoxy) is 2. The average molecular weight is 736 g/mol. The van der Waals surface area contributed by atoms with Crippen LogP contribution in [0.15, 0.2) is 76.6 Å². The van der Waals surface area contributed by atoms with Crippen LogP contribution in [0.3, 0.4) is 0 Å². The van der Waals surface area contributed by atoms with E-state index in [0.29, 0.717) is 28.6 Å². The lowest BCUT2D eigenvalue weighted by Gasteiger charge is -2.43. The summed E-state index contributed by atoms with van der Waals surface area (Å²) in [7, 11) is 3.08. The Hall–Kier alpha value is -4.56. The van der Waals surface area contributed by atoms with Crippen molar-refractivity contribution in [2.75, 3.05) is 24.4 Å². The van der Waals surface area contributed by atoms with Crippen LogP contribution in [-0.4, -0.2) is 41.8 Å². The quantitative estimate of drug-likeness (QED) is 0.214. The molecule has 51 heavy (non-hydrogen) atoms. The van der Waals surface area contributed by atoms with Crippen molar-refractivity contribution in [2.45, 2.75) is 42.3 Å². The molecule has 1 saturated heterocycles. The molecule has 3 amide bonds. The van der Waals surface area contributed by atoms with Crippen LogP contribution in [0, 0.1) is 36.5 Å². The van der Waals surface area contributed by atoms with Crippen molar-refractivity contribution in [2.24, 2.45) is 29.6 Å². The predicted octanol–water partition coefficient (Wildman–Crippen LogP) is 6.57. The summed E-state index contributed by atoms with van der Waals surface area (Å²) in [5.74, 6) is -1.78. The molecule has 3 heterocycles. The lowest BCUT2D eigenvalue weighted by molar-refractivity contribution is -0.137. The number of hydrogen-bond donors (Lipinski definition) is 1. The van der Waals surface area contributed by atoms with Crippen LogP contribution in [0.2, 0.25) is 0 Å². The number of amides is 3. The molecule has 2 bridgehead atoms. The highest BCUT2D eigenvalue weighted by Gasteiger charge is 2.70. The number of benzene rings is 3. The Morgan fingerprint density at radius 2 is 1.63 bits per heavy atom. The summed E-state index contributed by atoms with van der Waals surface area (Å²) in [6.45, 7) is 1.53. The highest BCUT2D eigenvalue weighted by Crippen LogP contribution is 2.69. The number of halogens is 3. The third kappa shape index (κ3) is 5.36. The number of fused-ring (bicyclic) bond motifs is 9. The van der Waals surface area contributed by atoms with E-state index in [-0.39, 0.29) is 51.3 Å². The van der Waals surface area contributed by atoms with Crippen LogP contribution >= 0.6 is 23.1 Å². The second kappa shape index (κ2) is 12.3. The average Bonchev–Trinajstić information content (AvgIpc) is 3.83. The van der Waals surface area contributed by atoms with Crippen molar-refractivity contribution in [3.8, 4) is 11.5 Å². The number of rotatable bonds is 7. The number of nitrogens with one attached hydrogen (secondary N) is 1. The minimum Gasteiger partial charge on any atom is -0.493 e. The number of carbonyl (C=O) groups excluding carboxylic acids is 3. The summed E-state index contributed by atoms with van der Waals surface area (Å²) in [4.78, 5) is 56.8. The van der Waals surface area contributed by atoms with Gasteiger partial charge in [-0.05, 0) is 79.1 Å². The number of carbonyl (C=O) groups is 3. The van der Waals surface area contributed by atoms with Gasteiger partial charge in [-0.2, -0.15) is 13.2 Å². The Balaban J connectivity index is 1.18. The number of anilines is 2. The monoisotopic (exact) mass is 735 g/mol. The van der Waals surface area contributed by atoms with E-state index in [0.717, 1.165) is 39.5 Å². The molecule has 2 aliphatic carbocycles. The Morgan fingerprint density at radius 3 is 2.31 bits per heavy atom. The summed E-state index contributed by atoms with van der Waals surface area (Å²) < 4.78 is 52.5. The number of hydrogen-bond acceptors (Lipinski definition) is 8. The number of thioether (sulfide) groups is 1. The molecule has 1 aromatic heterocycles. The fraction of sp³-hybridized carbons (Fsp3) is 0.351. The molecular weight excluding hydrogens is 704 g/mol. The number of thiazole rings is 1. The standard InChI is InChI=1S/C37H32F3N3O6S2/c1-17-7-10-21(11-8-17)43-33(45)29-22-15-23(30(29)34(43)46)31-28(22)27(18-9-12-24(48-2)25(13-18)49-3)32-35(50-31)42(36(47)51-32)16-26(44)41-20-6-4-5-19(14-20)37(38,39)40/h4-14,22-23,27-31H,15-16H2,1-3H3,(H,41,44). The molecule has 7 unspecified atom stereocenters. The highest BCUT2D eigenvalue weighted by atomic mass is 32.2. The first-order valence-corrected chi connectivity index (χ1v) is 18.1. The summed E-state index contributed by atoms with van der Waals surface area (Å²) in [6.07, 6.45) is -3.91. The molecule has 8 rings (SSSR count). The molecule has 1 N–H and O–H groups in total. The summed E-state index contributed by atoms with van der Waals surface area (Å²) in [5, 5.41) is 2.95. The second-order valence-electron chi connectivity index (χ2n) is 13.5. The van der Waals surface area contributed by atoms with Gasteiger partial charge in [0.1, 0.15) is 6.54 Å². The van der Waals surface area contributed by atoms with E-state index in [1.165, 1.54) is 47.6 Å². The van der Waals surface area contributed by atoms with Gasteiger partial charge < -0.3 is 14.8 Å². The molecule has 3 fully saturated rings. The minimum atomic E-state index is -4.58. The molecule has 7 atom stereocenters. The zero-order chi connectivity index (χ0) is 35.9. The Morgan fingerprint density at radius 1 is 0.922 bits per heavy atom. The van der Waals surface area contributed by atoms with Crippen LogP contribution in [-0.2, 0) is 27.1 Å². The fourth-order valence-corrected chi connectivity index (χ4v) is 11.9. The van der Waals surface area contributed by atoms with Crippen LogP contribution < -0.4 is 24.6 Å². The van der Waals surface area contributed by atoms with E-state index in [2.05, 4.69) is 5.32 Å². The Kier molecular flexibility index (Phi) is 8.09. The molecule has 0 spiro atoms. The first kappa shape index (κ1) is 33.6. The second-order valence-corrected chi connectivity index (χ2v) is 15.6. The van der Waals surface area contributed by atoms with Gasteiger partial charge in [0.15, 0.2) is 11.5 Å². The minimum absolute atomic E-state index is 0.0374. The maximum atomic E-state index is 14.1. The summed E-state index contributed by atoms with van der Waals surface area (Å²) in [5.41, 5.74) is 1.47. The molecule has 2 aliphatic heterocycles. The van der Waals surface area contributed by atoms with Gasteiger partial charge in [-0.3, -0.25) is 28.6 Å². The van der Waals surface area contributed by atoms with Crippen molar-refractivity contribution >= 4 is 52.2 Å². The smallest absolute Gasteiger partial charge is 0.416 e. The third-order valence-corrected chi connectivity index (χ3v) is 13.6. The van der Waals surface area contributed by atoms with E-state index in [4.69, 9.17) is 9.47 Å². The molecule has 14 heteroatoms. The molecule has 4 aliphatic rings. The lowest BCUT2D eigenvalue weighted by Crippen LogP contribution is -2.43. The van der Waals surface area contributed by atoms with Gasteiger partial charge in [-0.1, -0.05) is 41.2 Å². The van der Waals surface area contributed by atoms with Gasteiger partial charge in [-0.15, -0.1) is 11.8 Å². The van der Waals surface area contributed by atoms with Crippen LogP contribution in [0.4, 0.5) is 24.5 Å². The first-order chi connectivity index (χ1) is 24.4. The number of alkyl halides is 3. The van der Waals surface area contributed by atoms with E-state index >= 15 is 0 Å². The number of imide groups is 1. The largest absolute Gasteiger partial charge is 0.493 e. The van der Waals surface area contributed by atoms with Crippen molar-refractivity contribution in [1.29, 1.82) is 0 Å². The van der Waals surface area contributed by atoms with Crippen LogP contribution in [0.5, 0.6) is 11.5 Å². The Bertz CT molecular complexity index is 2150. The van der Waals surface area contributed by atoms with E-state index in [9.17, 15) is 32.3 Å². The molecule has 4 aromatic rings.